The van der Waals surface area contributed by atoms with E-state index in [-0.39, 0.29) is 0 Å². The first-order valence-electron chi connectivity index (χ1n) is 7.99. The molecule has 0 aromatic carbocycles. The molecule has 0 spiro atoms. The summed E-state index contributed by atoms with van der Waals surface area (Å²) >= 11 is 0. The second kappa shape index (κ2) is 9.14. The van der Waals surface area contributed by atoms with Gasteiger partial charge in [0.1, 0.15) is 0 Å². The molecule has 1 heterocycles. The molecule has 1 N–H and O–H groups in total. The van der Waals surface area contributed by atoms with Crippen LogP contribution in [0.4, 0.5) is 0 Å². The van der Waals surface area contributed by atoms with Crippen molar-refractivity contribution >= 4 is 0 Å². The van der Waals surface area contributed by atoms with Gasteiger partial charge in [0, 0.05) is 24.8 Å². The minimum Gasteiger partial charge on any atom is -0.311 e. The summed E-state index contributed by atoms with van der Waals surface area (Å²) in [6.07, 6.45) is 5.69. The average molecular weight is 280 g/mol. The molecule has 116 valence electrons. The maximum Gasteiger partial charge on any atom is 0.0762 e. The highest BCUT2D eigenvalue weighted by atomic mass is 15.3. The Morgan fingerprint density at radius 1 is 1.30 bits per heavy atom. The van der Waals surface area contributed by atoms with Gasteiger partial charge in [-0.25, -0.2) is 0 Å². The van der Waals surface area contributed by atoms with Crippen LogP contribution in [0.5, 0.6) is 0 Å². The fourth-order valence-electron chi connectivity index (χ4n) is 1.99. The van der Waals surface area contributed by atoms with Gasteiger partial charge in [0.25, 0.3) is 0 Å². The van der Waals surface area contributed by atoms with Crippen molar-refractivity contribution in [3.05, 3.63) is 18.0 Å². The minimum absolute atomic E-state index is 0.496. The molecule has 0 radical (unpaired) electrons. The third-order valence-corrected chi connectivity index (χ3v) is 4.01. The third-order valence-electron chi connectivity index (χ3n) is 4.01. The summed E-state index contributed by atoms with van der Waals surface area (Å²) in [5.74, 6) is 0. The van der Waals surface area contributed by atoms with Crippen LogP contribution >= 0.6 is 0 Å². The molecule has 0 aliphatic rings. The SMILES string of the molecule is CCC(C)n1ccc(CNCCCCN(C)C(C)C)n1. The molecule has 0 aliphatic heterocycles. The summed E-state index contributed by atoms with van der Waals surface area (Å²) in [4.78, 5) is 2.40. The summed E-state index contributed by atoms with van der Waals surface area (Å²) in [7, 11) is 2.19. The van der Waals surface area contributed by atoms with Gasteiger partial charge in [-0.15, -0.1) is 0 Å². The minimum atomic E-state index is 0.496. The Kier molecular flexibility index (Phi) is 7.85. The highest BCUT2D eigenvalue weighted by Gasteiger charge is 2.04. The van der Waals surface area contributed by atoms with Crippen LogP contribution in [-0.2, 0) is 6.54 Å². The van der Waals surface area contributed by atoms with E-state index >= 15 is 0 Å². The molecule has 0 bridgehead atoms. The lowest BCUT2D eigenvalue weighted by Crippen LogP contribution is -2.27. The largest absolute Gasteiger partial charge is 0.311 e. The van der Waals surface area contributed by atoms with E-state index in [1.54, 1.807) is 0 Å². The number of unbranched alkanes of at least 4 members (excludes halogenated alkanes) is 1. The van der Waals surface area contributed by atoms with Crippen molar-refractivity contribution in [2.45, 2.75) is 65.6 Å². The maximum absolute atomic E-state index is 4.60. The number of nitrogens with zero attached hydrogens (tertiary/aromatic N) is 3. The molecule has 20 heavy (non-hydrogen) atoms. The van der Waals surface area contributed by atoms with E-state index in [1.165, 1.54) is 19.4 Å². The predicted octanol–water partition coefficient (Wildman–Crippen LogP) is 3.06. The standard InChI is InChI=1S/C16H32N4/c1-6-15(4)20-12-9-16(18-20)13-17-10-7-8-11-19(5)14(2)3/h9,12,14-15,17H,6-8,10-11,13H2,1-5H3. The van der Waals surface area contributed by atoms with Gasteiger partial charge in [-0.05, 0) is 66.2 Å². The number of hydrogen-bond acceptors (Lipinski definition) is 3. The quantitative estimate of drug-likeness (QED) is 0.669. The average Bonchev–Trinajstić information content (AvgIpc) is 2.90. The van der Waals surface area contributed by atoms with Gasteiger partial charge in [-0.2, -0.15) is 5.10 Å². The van der Waals surface area contributed by atoms with Crippen molar-refractivity contribution < 1.29 is 0 Å². The number of rotatable bonds is 10. The van der Waals surface area contributed by atoms with Gasteiger partial charge in [0.15, 0.2) is 0 Å². The van der Waals surface area contributed by atoms with E-state index in [0.717, 1.165) is 25.2 Å². The van der Waals surface area contributed by atoms with Crippen LogP contribution in [0.3, 0.4) is 0 Å². The van der Waals surface area contributed by atoms with Crippen LogP contribution in [0.2, 0.25) is 0 Å². The van der Waals surface area contributed by atoms with E-state index in [2.05, 4.69) is 67.0 Å². The van der Waals surface area contributed by atoms with Gasteiger partial charge in [0.05, 0.1) is 5.69 Å². The Morgan fingerprint density at radius 2 is 2.05 bits per heavy atom. The first kappa shape index (κ1) is 17.2. The molecular weight excluding hydrogens is 248 g/mol. The molecule has 1 atom stereocenters. The van der Waals surface area contributed by atoms with Crippen molar-refractivity contribution in [2.24, 2.45) is 0 Å². The summed E-state index contributed by atoms with van der Waals surface area (Å²) in [6.45, 7) is 12.0. The fraction of sp³-hybridized carbons (Fsp3) is 0.812. The molecule has 0 aliphatic carbocycles. The first-order chi connectivity index (χ1) is 9.54. The van der Waals surface area contributed by atoms with E-state index in [0.29, 0.717) is 12.1 Å². The molecule has 0 amide bonds. The molecule has 1 aromatic heterocycles. The third kappa shape index (κ3) is 6.06. The lowest BCUT2D eigenvalue weighted by Gasteiger charge is -2.20. The molecule has 1 aromatic rings. The van der Waals surface area contributed by atoms with E-state index in [1.807, 2.05) is 0 Å². The second-order valence-corrected chi connectivity index (χ2v) is 6.00. The van der Waals surface area contributed by atoms with Crippen LogP contribution < -0.4 is 5.32 Å². The smallest absolute Gasteiger partial charge is 0.0762 e. The van der Waals surface area contributed by atoms with Gasteiger partial charge >= 0.3 is 0 Å². The highest BCUT2D eigenvalue weighted by Crippen LogP contribution is 2.08. The van der Waals surface area contributed by atoms with Gasteiger partial charge in [-0.1, -0.05) is 6.92 Å². The van der Waals surface area contributed by atoms with Gasteiger partial charge in [-0.3, -0.25) is 4.68 Å². The van der Waals surface area contributed by atoms with Crippen LogP contribution in [0.1, 0.15) is 58.7 Å². The van der Waals surface area contributed by atoms with Crippen molar-refractivity contribution in [3.63, 3.8) is 0 Å². The fourth-order valence-corrected chi connectivity index (χ4v) is 1.99. The number of aromatic nitrogens is 2. The molecule has 1 unspecified atom stereocenters. The van der Waals surface area contributed by atoms with Crippen LogP contribution in [0.25, 0.3) is 0 Å². The summed E-state index contributed by atoms with van der Waals surface area (Å²) in [5, 5.41) is 8.08. The van der Waals surface area contributed by atoms with Crippen LogP contribution in [0.15, 0.2) is 12.3 Å². The monoisotopic (exact) mass is 280 g/mol. The van der Waals surface area contributed by atoms with Crippen LogP contribution in [0, 0.1) is 0 Å². The molecule has 4 heteroatoms. The second-order valence-electron chi connectivity index (χ2n) is 6.00. The topological polar surface area (TPSA) is 33.1 Å². The summed E-state index contributed by atoms with van der Waals surface area (Å²) in [6, 6.07) is 3.26. The van der Waals surface area contributed by atoms with Crippen molar-refractivity contribution in [1.82, 2.24) is 20.0 Å². The van der Waals surface area contributed by atoms with E-state index < -0.39 is 0 Å². The lowest BCUT2D eigenvalue weighted by atomic mass is 10.2. The lowest BCUT2D eigenvalue weighted by molar-refractivity contribution is 0.268. The Labute approximate surface area is 124 Å². The van der Waals surface area contributed by atoms with Gasteiger partial charge in [0.2, 0.25) is 0 Å². The number of nitrogens with one attached hydrogen (secondary N) is 1. The predicted molar refractivity (Wildman–Crippen MR) is 85.9 cm³/mol. The Morgan fingerprint density at radius 3 is 2.70 bits per heavy atom. The zero-order valence-corrected chi connectivity index (χ0v) is 13.9. The summed E-state index contributed by atoms with van der Waals surface area (Å²) in [5.41, 5.74) is 1.14. The molecule has 0 saturated heterocycles. The van der Waals surface area contributed by atoms with Crippen molar-refractivity contribution in [2.75, 3.05) is 20.1 Å². The normalized spacial score (nSPS) is 13.3. The maximum atomic E-state index is 4.60. The highest BCUT2D eigenvalue weighted by molar-refractivity contribution is 4.99. The zero-order chi connectivity index (χ0) is 15.0. The van der Waals surface area contributed by atoms with E-state index in [9.17, 15) is 0 Å². The van der Waals surface area contributed by atoms with Gasteiger partial charge < -0.3 is 10.2 Å². The Hall–Kier alpha value is -0.870. The molecule has 0 saturated carbocycles. The van der Waals surface area contributed by atoms with Crippen LogP contribution in [-0.4, -0.2) is 40.9 Å². The number of hydrogen-bond donors (Lipinski definition) is 1. The molecule has 0 fully saturated rings. The van der Waals surface area contributed by atoms with E-state index in [4.69, 9.17) is 0 Å². The summed E-state index contributed by atoms with van der Waals surface area (Å²) < 4.78 is 2.06. The molecule has 1 rings (SSSR count). The first-order valence-corrected chi connectivity index (χ1v) is 7.99. The van der Waals surface area contributed by atoms with Crippen molar-refractivity contribution in [3.8, 4) is 0 Å². The molecule has 4 nitrogen and oxygen atoms in total. The molecular formula is C16H32N4. The zero-order valence-electron chi connectivity index (χ0n) is 13.9. The Balaban J connectivity index is 2.11. The Bertz CT molecular complexity index is 359. The van der Waals surface area contributed by atoms with Crippen molar-refractivity contribution in [1.29, 1.82) is 0 Å².